The first-order valence-electron chi connectivity index (χ1n) is 5.36. The molecule has 0 aliphatic carbocycles. The molecule has 106 valence electrons. The minimum Gasteiger partial charge on any atom is -0.399 e. The van der Waals surface area contributed by atoms with E-state index in [1.165, 1.54) is 6.07 Å². The Bertz CT molecular complexity index is 727. The predicted molar refractivity (Wildman–Crippen MR) is 73.4 cm³/mol. The quantitative estimate of drug-likeness (QED) is 0.666. The van der Waals surface area contributed by atoms with Gasteiger partial charge in [-0.25, -0.2) is 27.5 Å². The van der Waals surface area contributed by atoms with Gasteiger partial charge >= 0.3 is 0 Å². The lowest BCUT2D eigenvalue weighted by Gasteiger charge is -2.08. The van der Waals surface area contributed by atoms with Gasteiger partial charge in [-0.1, -0.05) is 11.6 Å². The van der Waals surface area contributed by atoms with E-state index in [1.807, 2.05) is 0 Å². The number of rotatable bonds is 3. The number of hydrogen-bond acceptors (Lipinski definition) is 5. The lowest BCUT2D eigenvalue weighted by atomic mass is 10.3. The molecule has 6 nitrogen and oxygen atoms in total. The van der Waals surface area contributed by atoms with E-state index in [-0.39, 0.29) is 21.7 Å². The number of hydrogen-bond donors (Lipinski definition) is 2. The molecule has 0 spiro atoms. The third kappa shape index (κ3) is 3.34. The van der Waals surface area contributed by atoms with Crippen molar-refractivity contribution in [3.8, 4) is 0 Å². The van der Waals surface area contributed by atoms with Gasteiger partial charge in [0.25, 0.3) is 10.0 Å². The van der Waals surface area contributed by atoms with Crippen molar-refractivity contribution in [2.24, 2.45) is 0 Å². The maximum Gasteiger partial charge on any atom is 0.264 e. The lowest BCUT2D eigenvalue weighted by molar-refractivity contribution is 0.595. The van der Waals surface area contributed by atoms with E-state index in [0.29, 0.717) is 5.69 Å². The Kier molecular flexibility index (Phi) is 3.78. The SMILES string of the molecule is Cc1cc(Cl)nc(NS(=O)(=O)c2cc(N)cc(F)c2)n1. The Morgan fingerprint density at radius 3 is 2.55 bits per heavy atom. The zero-order chi connectivity index (χ0) is 14.9. The molecule has 0 bridgehead atoms. The molecule has 0 saturated carbocycles. The number of nitrogens with zero attached hydrogens (tertiary/aromatic N) is 2. The molecule has 0 unspecified atom stereocenters. The first-order valence-corrected chi connectivity index (χ1v) is 7.22. The fraction of sp³-hybridized carbons (Fsp3) is 0.0909. The van der Waals surface area contributed by atoms with Crippen molar-refractivity contribution in [2.45, 2.75) is 11.8 Å². The summed E-state index contributed by atoms with van der Waals surface area (Å²) in [6.45, 7) is 1.63. The van der Waals surface area contributed by atoms with Crippen LogP contribution in [0.25, 0.3) is 0 Å². The number of aromatic nitrogens is 2. The van der Waals surface area contributed by atoms with Gasteiger partial charge < -0.3 is 5.73 Å². The first kappa shape index (κ1) is 14.5. The van der Waals surface area contributed by atoms with Crippen molar-refractivity contribution in [1.29, 1.82) is 0 Å². The van der Waals surface area contributed by atoms with Crippen molar-refractivity contribution in [1.82, 2.24) is 9.97 Å². The summed E-state index contributed by atoms with van der Waals surface area (Å²) >= 11 is 5.71. The summed E-state index contributed by atoms with van der Waals surface area (Å²) < 4.78 is 39.5. The van der Waals surface area contributed by atoms with Crippen LogP contribution in [0.5, 0.6) is 0 Å². The third-order valence-corrected chi connectivity index (χ3v) is 3.75. The van der Waals surface area contributed by atoms with Gasteiger partial charge in [0, 0.05) is 11.4 Å². The predicted octanol–water partition coefficient (Wildman–Crippen LogP) is 1.96. The molecule has 0 radical (unpaired) electrons. The Labute approximate surface area is 119 Å². The van der Waals surface area contributed by atoms with Gasteiger partial charge in [0.15, 0.2) is 0 Å². The van der Waals surface area contributed by atoms with E-state index in [1.54, 1.807) is 6.92 Å². The molecule has 2 aromatic rings. The van der Waals surface area contributed by atoms with Gasteiger partial charge in [-0.05, 0) is 31.2 Å². The summed E-state index contributed by atoms with van der Waals surface area (Å²) in [6.07, 6.45) is 0. The number of aryl methyl sites for hydroxylation is 1. The Morgan fingerprint density at radius 1 is 1.25 bits per heavy atom. The van der Waals surface area contributed by atoms with Crippen LogP contribution >= 0.6 is 11.6 Å². The van der Waals surface area contributed by atoms with Gasteiger partial charge in [-0.15, -0.1) is 0 Å². The second-order valence-corrected chi connectivity index (χ2v) is 6.05. The molecule has 0 fully saturated rings. The van der Waals surface area contributed by atoms with E-state index in [4.69, 9.17) is 17.3 Å². The van der Waals surface area contributed by atoms with E-state index in [0.717, 1.165) is 18.2 Å². The van der Waals surface area contributed by atoms with Crippen LogP contribution in [-0.4, -0.2) is 18.4 Å². The Morgan fingerprint density at radius 2 is 1.95 bits per heavy atom. The summed E-state index contributed by atoms with van der Waals surface area (Å²) in [5.41, 5.74) is 5.89. The highest BCUT2D eigenvalue weighted by Gasteiger charge is 2.17. The zero-order valence-electron chi connectivity index (χ0n) is 10.3. The van der Waals surface area contributed by atoms with Gasteiger partial charge in [0.2, 0.25) is 5.95 Å². The molecule has 3 N–H and O–H groups in total. The number of benzene rings is 1. The second kappa shape index (κ2) is 5.22. The molecule has 1 aromatic heterocycles. The summed E-state index contributed by atoms with van der Waals surface area (Å²) in [5.74, 6) is -0.952. The molecule has 0 aliphatic rings. The number of halogens is 2. The van der Waals surface area contributed by atoms with Crippen LogP contribution < -0.4 is 10.5 Å². The van der Waals surface area contributed by atoms with Crippen LogP contribution in [0.4, 0.5) is 16.0 Å². The minimum atomic E-state index is -4.05. The fourth-order valence-electron chi connectivity index (χ4n) is 1.49. The summed E-state index contributed by atoms with van der Waals surface area (Å²) in [6, 6.07) is 4.46. The molecule has 1 aromatic carbocycles. The van der Waals surface area contributed by atoms with Gasteiger partial charge in [-0.3, -0.25) is 0 Å². The highest BCUT2D eigenvalue weighted by molar-refractivity contribution is 7.92. The first-order chi connectivity index (χ1) is 9.26. The second-order valence-electron chi connectivity index (χ2n) is 3.98. The average molecular weight is 317 g/mol. The number of nitrogen functional groups attached to an aromatic ring is 1. The van der Waals surface area contributed by atoms with Crippen molar-refractivity contribution in [3.63, 3.8) is 0 Å². The van der Waals surface area contributed by atoms with Crippen LogP contribution in [-0.2, 0) is 10.0 Å². The number of nitrogens with one attached hydrogen (secondary N) is 1. The maximum atomic E-state index is 13.2. The van der Waals surface area contributed by atoms with Gasteiger partial charge in [0.1, 0.15) is 11.0 Å². The molecule has 2 rings (SSSR count). The highest BCUT2D eigenvalue weighted by atomic mass is 35.5. The summed E-state index contributed by atoms with van der Waals surface area (Å²) in [5, 5.41) is 0.0916. The number of anilines is 2. The Hall–Kier alpha value is -1.93. The molecular weight excluding hydrogens is 307 g/mol. The largest absolute Gasteiger partial charge is 0.399 e. The minimum absolute atomic E-state index is 0.00596. The van der Waals surface area contributed by atoms with Crippen LogP contribution in [0.2, 0.25) is 5.15 Å². The molecule has 0 amide bonds. The van der Waals surface area contributed by atoms with Gasteiger partial charge in [-0.2, -0.15) is 0 Å². The smallest absolute Gasteiger partial charge is 0.264 e. The molecule has 1 heterocycles. The Balaban J connectivity index is 2.40. The fourth-order valence-corrected chi connectivity index (χ4v) is 2.74. The standard InChI is InChI=1S/C11H10ClFN4O2S/c1-6-2-10(12)16-11(15-6)17-20(18,19)9-4-7(13)3-8(14)5-9/h2-5H,14H2,1H3,(H,15,16,17). The molecular formula is C11H10ClFN4O2S. The molecule has 20 heavy (non-hydrogen) atoms. The topological polar surface area (TPSA) is 98.0 Å². The molecule has 0 atom stereocenters. The molecule has 9 heteroatoms. The zero-order valence-corrected chi connectivity index (χ0v) is 11.8. The summed E-state index contributed by atoms with van der Waals surface area (Å²) in [4.78, 5) is 7.28. The highest BCUT2D eigenvalue weighted by Crippen LogP contribution is 2.19. The van der Waals surface area contributed by atoms with Gasteiger partial charge in [0.05, 0.1) is 4.90 Å². The van der Waals surface area contributed by atoms with Crippen LogP contribution in [0.3, 0.4) is 0 Å². The normalized spacial score (nSPS) is 11.3. The number of nitrogens with two attached hydrogens (primary N) is 1. The van der Waals surface area contributed by atoms with Crippen LogP contribution in [0.15, 0.2) is 29.2 Å². The summed E-state index contributed by atoms with van der Waals surface area (Å²) in [7, 11) is -4.05. The van der Waals surface area contributed by atoms with Crippen molar-refractivity contribution in [2.75, 3.05) is 10.5 Å². The van der Waals surface area contributed by atoms with Crippen molar-refractivity contribution in [3.05, 3.63) is 40.9 Å². The van der Waals surface area contributed by atoms with E-state index in [2.05, 4.69) is 14.7 Å². The van der Waals surface area contributed by atoms with Crippen molar-refractivity contribution >= 4 is 33.3 Å². The monoisotopic (exact) mass is 316 g/mol. The molecule has 0 aliphatic heterocycles. The van der Waals surface area contributed by atoms with E-state index in [9.17, 15) is 12.8 Å². The van der Waals surface area contributed by atoms with Crippen molar-refractivity contribution < 1.29 is 12.8 Å². The molecule has 0 saturated heterocycles. The van der Waals surface area contributed by atoms with Crippen LogP contribution in [0, 0.1) is 12.7 Å². The van der Waals surface area contributed by atoms with Crippen LogP contribution in [0.1, 0.15) is 5.69 Å². The van der Waals surface area contributed by atoms with E-state index >= 15 is 0 Å². The number of sulfonamides is 1. The third-order valence-electron chi connectivity index (χ3n) is 2.25. The lowest BCUT2D eigenvalue weighted by Crippen LogP contribution is -2.16. The maximum absolute atomic E-state index is 13.2. The average Bonchev–Trinajstić information content (AvgIpc) is 2.25. The van der Waals surface area contributed by atoms with E-state index < -0.39 is 15.8 Å².